The monoisotopic (exact) mass is 393 g/mol. The van der Waals surface area contributed by atoms with Crippen LogP contribution in [0.5, 0.6) is 0 Å². The van der Waals surface area contributed by atoms with Crippen molar-refractivity contribution in [2.24, 2.45) is 0 Å². The van der Waals surface area contributed by atoms with Gasteiger partial charge in [-0.1, -0.05) is 24.3 Å². The minimum absolute atomic E-state index is 0.0725. The van der Waals surface area contributed by atoms with Gasteiger partial charge in [0.25, 0.3) is 17.5 Å². The van der Waals surface area contributed by atoms with E-state index in [1.54, 1.807) is 6.92 Å². The third-order valence-corrected chi connectivity index (χ3v) is 5.14. The molecule has 0 unspecified atom stereocenters. The SMILES string of the molecule is Cc1cc(C)n2nc(C(=O)O[C@H](C)C(=O)N[C@H]3CCCc4ccccc43)nc2n1. The summed E-state index contributed by atoms with van der Waals surface area (Å²) in [4.78, 5) is 33.4. The van der Waals surface area contributed by atoms with E-state index < -0.39 is 12.1 Å². The molecule has 0 bridgehead atoms. The highest BCUT2D eigenvalue weighted by Gasteiger charge is 2.27. The van der Waals surface area contributed by atoms with Crippen LogP contribution in [0.3, 0.4) is 0 Å². The summed E-state index contributed by atoms with van der Waals surface area (Å²) in [6.07, 6.45) is 1.92. The number of carbonyl (C=O) groups is 2. The number of aryl methyl sites for hydroxylation is 3. The van der Waals surface area contributed by atoms with Crippen LogP contribution in [0.2, 0.25) is 0 Å². The Balaban J connectivity index is 1.44. The van der Waals surface area contributed by atoms with Crippen molar-refractivity contribution in [3.63, 3.8) is 0 Å². The van der Waals surface area contributed by atoms with Gasteiger partial charge in [0.2, 0.25) is 0 Å². The van der Waals surface area contributed by atoms with Crippen LogP contribution in [0, 0.1) is 13.8 Å². The molecule has 3 aromatic rings. The molecule has 0 saturated carbocycles. The first-order valence-electron chi connectivity index (χ1n) is 9.72. The van der Waals surface area contributed by atoms with E-state index in [0.717, 1.165) is 36.2 Å². The van der Waals surface area contributed by atoms with Crippen LogP contribution >= 0.6 is 0 Å². The summed E-state index contributed by atoms with van der Waals surface area (Å²) in [7, 11) is 0. The molecular formula is C21H23N5O3. The summed E-state index contributed by atoms with van der Waals surface area (Å²) in [5.41, 5.74) is 3.97. The minimum atomic E-state index is -0.959. The largest absolute Gasteiger partial charge is 0.447 e. The first kappa shape index (κ1) is 19.0. The van der Waals surface area contributed by atoms with Crippen molar-refractivity contribution < 1.29 is 14.3 Å². The number of aromatic nitrogens is 4. The molecule has 4 rings (SSSR count). The zero-order chi connectivity index (χ0) is 20.5. The van der Waals surface area contributed by atoms with Crippen LogP contribution in [-0.4, -0.2) is 37.6 Å². The van der Waals surface area contributed by atoms with E-state index in [4.69, 9.17) is 4.74 Å². The Kier molecular flexibility index (Phi) is 5.00. The molecule has 8 heteroatoms. The van der Waals surface area contributed by atoms with E-state index in [-0.39, 0.29) is 17.8 Å². The Morgan fingerprint density at radius 1 is 1.24 bits per heavy atom. The van der Waals surface area contributed by atoms with Crippen LogP contribution in [0.1, 0.15) is 58.9 Å². The highest BCUT2D eigenvalue weighted by atomic mass is 16.5. The van der Waals surface area contributed by atoms with Crippen LogP contribution in [-0.2, 0) is 16.0 Å². The first-order valence-corrected chi connectivity index (χ1v) is 9.72. The minimum Gasteiger partial charge on any atom is -0.447 e. The molecule has 1 amide bonds. The number of hydrogen-bond acceptors (Lipinski definition) is 6. The highest BCUT2D eigenvalue weighted by Crippen LogP contribution is 2.29. The lowest BCUT2D eigenvalue weighted by Gasteiger charge is -2.27. The van der Waals surface area contributed by atoms with Crippen LogP contribution in [0.4, 0.5) is 0 Å². The van der Waals surface area contributed by atoms with E-state index >= 15 is 0 Å². The van der Waals surface area contributed by atoms with Gasteiger partial charge in [-0.15, -0.1) is 5.10 Å². The Hall–Kier alpha value is -3.29. The molecule has 29 heavy (non-hydrogen) atoms. The number of hydrogen-bond donors (Lipinski definition) is 1. The average molecular weight is 393 g/mol. The standard InChI is InChI=1S/C21H23N5O3/c1-12-11-13(2)26-21(22-12)24-18(25-26)20(28)29-14(3)19(27)23-17-10-6-8-15-7-4-5-9-16(15)17/h4-5,7,9,11,14,17H,6,8,10H2,1-3H3,(H,23,27)/t14-,17+/m1/s1. The molecule has 1 N–H and O–H groups in total. The van der Waals surface area contributed by atoms with E-state index in [0.29, 0.717) is 5.78 Å². The summed E-state index contributed by atoms with van der Waals surface area (Å²) < 4.78 is 6.79. The van der Waals surface area contributed by atoms with E-state index in [2.05, 4.69) is 26.4 Å². The van der Waals surface area contributed by atoms with Crippen molar-refractivity contribution in [1.82, 2.24) is 24.9 Å². The average Bonchev–Trinajstić information content (AvgIpc) is 3.13. The molecule has 0 radical (unpaired) electrons. The summed E-state index contributed by atoms with van der Waals surface area (Å²) in [5, 5.41) is 7.15. The van der Waals surface area contributed by atoms with Gasteiger partial charge in [-0.05, 0) is 57.2 Å². The fraction of sp³-hybridized carbons (Fsp3) is 0.381. The third kappa shape index (κ3) is 3.83. The number of esters is 1. The van der Waals surface area contributed by atoms with Crippen molar-refractivity contribution in [1.29, 1.82) is 0 Å². The number of rotatable bonds is 4. The number of nitrogens with zero attached hydrogens (tertiary/aromatic N) is 4. The number of fused-ring (bicyclic) bond motifs is 2. The van der Waals surface area contributed by atoms with Gasteiger partial charge < -0.3 is 10.1 Å². The topological polar surface area (TPSA) is 98.5 Å². The van der Waals surface area contributed by atoms with Crippen molar-refractivity contribution in [2.45, 2.75) is 52.2 Å². The normalized spacial score (nSPS) is 16.9. The van der Waals surface area contributed by atoms with Gasteiger partial charge in [0.05, 0.1) is 6.04 Å². The van der Waals surface area contributed by atoms with E-state index in [1.165, 1.54) is 10.1 Å². The predicted molar refractivity (Wildman–Crippen MR) is 105 cm³/mol. The van der Waals surface area contributed by atoms with Gasteiger partial charge >= 0.3 is 5.97 Å². The van der Waals surface area contributed by atoms with Crippen LogP contribution < -0.4 is 5.32 Å². The Labute approximate surface area is 168 Å². The molecule has 8 nitrogen and oxygen atoms in total. The molecule has 0 aliphatic heterocycles. The van der Waals surface area contributed by atoms with Crippen LogP contribution in [0.25, 0.3) is 5.78 Å². The maximum Gasteiger partial charge on any atom is 0.379 e. The molecule has 0 saturated heterocycles. The molecule has 150 valence electrons. The molecular weight excluding hydrogens is 370 g/mol. The molecule has 0 spiro atoms. The van der Waals surface area contributed by atoms with Crippen LogP contribution in [0.15, 0.2) is 30.3 Å². The van der Waals surface area contributed by atoms with Crippen molar-refractivity contribution in [3.8, 4) is 0 Å². The smallest absolute Gasteiger partial charge is 0.379 e. The maximum absolute atomic E-state index is 12.6. The zero-order valence-electron chi connectivity index (χ0n) is 16.7. The van der Waals surface area contributed by atoms with Crippen molar-refractivity contribution in [3.05, 3.63) is 58.7 Å². The zero-order valence-corrected chi connectivity index (χ0v) is 16.7. The number of amides is 1. The molecule has 2 atom stereocenters. The molecule has 1 aromatic carbocycles. The Morgan fingerprint density at radius 3 is 2.86 bits per heavy atom. The fourth-order valence-electron chi connectivity index (χ4n) is 3.71. The second kappa shape index (κ2) is 7.62. The number of benzene rings is 1. The molecule has 1 aliphatic carbocycles. The van der Waals surface area contributed by atoms with Gasteiger partial charge in [-0.3, -0.25) is 4.79 Å². The molecule has 1 aliphatic rings. The predicted octanol–water partition coefficient (Wildman–Crippen LogP) is 2.48. The lowest BCUT2D eigenvalue weighted by atomic mass is 9.87. The Morgan fingerprint density at radius 2 is 2.03 bits per heavy atom. The maximum atomic E-state index is 12.6. The van der Waals surface area contributed by atoms with E-state index in [9.17, 15) is 9.59 Å². The van der Waals surface area contributed by atoms with E-state index in [1.807, 2.05) is 38.1 Å². The number of ether oxygens (including phenoxy) is 1. The third-order valence-electron chi connectivity index (χ3n) is 5.14. The Bertz CT molecular complexity index is 1090. The van der Waals surface area contributed by atoms with Gasteiger partial charge in [-0.2, -0.15) is 4.98 Å². The number of carbonyl (C=O) groups excluding carboxylic acids is 2. The fourth-order valence-corrected chi connectivity index (χ4v) is 3.71. The molecule has 2 aromatic heterocycles. The van der Waals surface area contributed by atoms with Gasteiger partial charge in [0.15, 0.2) is 6.10 Å². The number of nitrogens with one attached hydrogen (secondary N) is 1. The van der Waals surface area contributed by atoms with Gasteiger partial charge in [-0.25, -0.2) is 14.3 Å². The van der Waals surface area contributed by atoms with Gasteiger partial charge in [0, 0.05) is 11.4 Å². The second-order valence-electron chi connectivity index (χ2n) is 7.39. The molecule has 2 heterocycles. The van der Waals surface area contributed by atoms with Crippen molar-refractivity contribution in [2.75, 3.05) is 0 Å². The first-order chi connectivity index (χ1) is 13.9. The summed E-state index contributed by atoms with van der Waals surface area (Å²) in [6.45, 7) is 5.24. The summed E-state index contributed by atoms with van der Waals surface area (Å²) in [5.74, 6) is -0.882. The quantitative estimate of drug-likeness (QED) is 0.684. The summed E-state index contributed by atoms with van der Waals surface area (Å²) in [6, 6.07) is 9.87. The summed E-state index contributed by atoms with van der Waals surface area (Å²) >= 11 is 0. The van der Waals surface area contributed by atoms with Gasteiger partial charge in [0.1, 0.15) is 0 Å². The lowest BCUT2D eigenvalue weighted by molar-refractivity contribution is -0.130. The second-order valence-corrected chi connectivity index (χ2v) is 7.39. The molecule has 0 fully saturated rings. The van der Waals surface area contributed by atoms with Crippen molar-refractivity contribution >= 4 is 17.7 Å². The lowest BCUT2D eigenvalue weighted by Crippen LogP contribution is -2.39. The highest BCUT2D eigenvalue weighted by molar-refractivity contribution is 5.89.